The molecule has 3 N–H and O–H groups in total. The normalized spacial score (nSPS) is 10.4. The van der Waals surface area contributed by atoms with Crippen molar-refractivity contribution in [1.29, 1.82) is 0 Å². The molecule has 0 fully saturated rings. The van der Waals surface area contributed by atoms with Crippen molar-refractivity contribution in [2.45, 2.75) is 116 Å². The largest absolute Gasteiger partial charge is 0.481 e. The van der Waals surface area contributed by atoms with E-state index in [4.69, 9.17) is 5.11 Å². The molecule has 0 aliphatic rings. The maximum absolute atomic E-state index is 10.3. The van der Waals surface area contributed by atoms with Crippen LogP contribution in [0.25, 0.3) is 0 Å². The molecule has 0 aliphatic carbocycles. The fraction of sp³-hybridized carbons (Fsp3) is 0.947. The van der Waals surface area contributed by atoms with Crippen LogP contribution < -0.4 is 0 Å². The van der Waals surface area contributed by atoms with Gasteiger partial charge in [-0.15, -0.1) is 0 Å². The van der Waals surface area contributed by atoms with Crippen LogP contribution in [0.4, 0.5) is 0 Å². The fourth-order valence-corrected chi connectivity index (χ4v) is 2.82. The lowest BCUT2D eigenvalue weighted by Crippen LogP contribution is -1.93. The Morgan fingerprint density at radius 3 is 1.14 bits per heavy atom. The quantitative estimate of drug-likeness (QED) is 0.339. The monoisotopic (exact) mass is 316 g/mol. The number of aliphatic carboxylic acids is 1. The van der Waals surface area contributed by atoms with Gasteiger partial charge in [0.2, 0.25) is 0 Å². The average Bonchev–Trinajstić information content (AvgIpc) is 2.46. The van der Waals surface area contributed by atoms with Gasteiger partial charge in [-0.05, 0) is 6.42 Å². The van der Waals surface area contributed by atoms with Crippen molar-refractivity contribution < 1.29 is 15.4 Å². The molecule has 0 aromatic rings. The zero-order valence-electron chi connectivity index (χ0n) is 14.9. The van der Waals surface area contributed by atoms with Crippen LogP contribution in [0.5, 0.6) is 0 Å². The molecule has 0 radical (unpaired) electrons. The first kappa shape index (κ1) is 23.7. The van der Waals surface area contributed by atoms with E-state index in [1.165, 1.54) is 89.9 Å². The molecule has 0 aromatic carbocycles. The second-order valence-electron chi connectivity index (χ2n) is 6.45. The summed E-state index contributed by atoms with van der Waals surface area (Å²) in [6.07, 6.45) is 21.7. The summed E-state index contributed by atoms with van der Waals surface area (Å²) in [4.78, 5) is 10.3. The summed E-state index contributed by atoms with van der Waals surface area (Å²) in [5.41, 5.74) is 0. The predicted octanol–water partition coefficient (Wildman–Crippen LogP) is 5.90. The van der Waals surface area contributed by atoms with Crippen LogP contribution in [-0.4, -0.2) is 16.6 Å². The summed E-state index contributed by atoms with van der Waals surface area (Å²) in [7, 11) is 0. The lowest BCUT2D eigenvalue weighted by Gasteiger charge is -2.03. The molecule has 0 saturated carbocycles. The van der Waals surface area contributed by atoms with E-state index in [2.05, 4.69) is 6.92 Å². The minimum absolute atomic E-state index is 0. The van der Waals surface area contributed by atoms with Gasteiger partial charge in [0.1, 0.15) is 0 Å². The molecule has 0 saturated heterocycles. The Hall–Kier alpha value is -0.570. The smallest absolute Gasteiger partial charge is 0.303 e. The standard InChI is InChI=1S/C19H38O2.H2O/c1-2-3-4-5-6-7-8-9-10-11-12-13-14-15-16-17-18-19(20)21;/h2-18H2,1H3,(H,20,21);1H2. The Labute approximate surface area is 138 Å². The third-order valence-electron chi connectivity index (χ3n) is 4.24. The molecule has 0 rings (SSSR count). The van der Waals surface area contributed by atoms with Gasteiger partial charge in [-0.3, -0.25) is 4.79 Å². The highest BCUT2D eigenvalue weighted by Gasteiger charge is 1.97. The molecular weight excluding hydrogens is 276 g/mol. The molecule has 0 unspecified atom stereocenters. The van der Waals surface area contributed by atoms with E-state index in [1.807, 2.05) is 0 Å². The SMILES string of the molecule is CCCCCCCCCCCCCCCCCCC(=O)O.O. The van der Waals surface area contributed by atoms with E-state index in [9.17, 15) is 4.79 Å². The number of unbranched alkanes of at least 4 members (excludes halogenated alkanes) is 15. The van der Waals surface area contributed by atoms with Gasteiger partial charge in [-0.25, -0.2) is 0 Å². The molecule has 134 valence electrons. The zero-order valence-corrected chi connectivity index (χ0v) is 14.9. The number of carbonyl (C=O) groups is 1. The summed E-state index contributed by atoms with van der Waals surface area (Å²) in [5, 5.41) is 8.53. The van der Waals surface area contributed by atoms with Gasteiger partial charge < -0.3 is 10.6 Å². The molecular formula is C19H40O3. The van der Waals surface area contributed by atoms with Gasteiger partial charge in [0.25, 0.3) is 0 Å². The molecule has 0 bridgehead atoms. The van der Waals surface area contributed by atoms with Crippen molar-refractivity contribution in [2.24, 2.45) is 0 Å². The number of hydrogen-bond acceptors (Lipinski definition) is 1. The fourth-order valence-electron chi connectivity index (χ4n) is 2.82. The Morgan fingerprint density at radius 2 is 0.864 bits per heavy atom. The molecule has 0 spiro atoms. The third kappa shape index (κ3) is 21.7. The van der Waals surface area contributed by atoms with Crippen molar-refractivity contribution in [2.75, 3.05) is 0 Å². The summed E-state index contributed by atoms with van der Waals surface area (Å²) < 4.78 is 0. The molecule has 22 heavy (non-hydrogen) atoms. The summed E-state index contributed by atoms with van der Waals surface area (Å²) in [6, 6.07) is 0. The van der Waals surface area contributed by atoms with Crippen LogP contribution in [0.15, 0.2) is 0 Å². The van der Waals surface area contributed by atoms with E-state index in [1.54, 1.807) is 0 Å². The van der Waals surface area contributed by atoms with Crippen molar-refractivity contribution >= 4 is 5.97 Å². The maximum atomic E-state index is 10.3. The second kappa shape index (κ2) is 20.4. The van der Waals surface area contributed by atoms with E-state index >= 15 is 0 Å². The van der Waals surface area contributed by atoms with Crippen LogP contribution in [-0.2, 0) is 4.79 Å². The zero-order chi connectivity index (χ0) is 15.6. The van der Waals surface area contributed by atoms with Gasteiger partial charge in [0.15, 0.2) is 0 Å². The Bertz CT molecular complexity index is 217. The molecule has 0 aromatic heterocycles. The summed E-state index contributed by atoms with van der Waals surface area (Å²) in [5.74, 6) is -0.652. The molecule has 3 nitrogen and oxygen atoms in total. The predicted molar refractivity (Wildman–Crippen MR) is 95.4 cm³/mol. The molecule has 0 aliphatic heterocycles. The summed E-state index contributed by atoms with van der Waals surface area (Å²) >= 11 is 0. The lowest BCUT2D eigenvalue weighted by molar-refractivity contribution is -0.137. The van der Waals surface area contributed by atoms with Gasteiger partial charge >= 0.3 is 5.97 Å². The van der Waals surface area contributed by atoms with Crippen LogP contribution in [0.3, 0.4) is 0 Å². The van der Waals surface area contributed by atoms with Crippen molar-refractivity contribution in [1.82, 2.24) is 0 Å². The van der Waals surface area contributed by atoms with Crippen molar-refractivity contribution in [3.8, 4) is 0 Å². The van der Waals surface area contributed by atoms with Gasteiger partial charge in [0.05, 0.1) is 0 Å². The van der Waals surface area contributed by atoms with Gasteiger partial charge in [-0.2, -0.15) is 0 Å². The highest BCUT2D eigenvalue weighted by molar-refractivity contribution is 5.66. The highest BCUT2D eigenvalue weighted by atomic mass is 16.4. The van der Waals surface area contributed by atoms with Gasteiger partial charge in [0, 0.05) is 6.42 Å². The molecule has 0 atom stereocenters. The first-order chi connectivity index (χ1) is 10.3. The number of carboxylic acid groups (broad SMARTS) is 1. The van der Waals surface area contributed by atoms with Crippen LogP contribution in [0.1, 0.15) is 116 Å². The third-order valence-corrected chi connectivity index (χ3v) is 4.24. The minimum atomic E-state index is -0.652. The van der Waals surface area contributed by atoms with Gasteiger partial charge in [-0.1, -0.05) is 103 Å². The van der Waals surface area contributed by atoms with Crippen LogP contribution in [0, 0.1) is 0 Å². The number of rotatable bonds is 17. The second-order valence-corrected chi connectivity index (χ2v) is 6.45. The first-order valence-electron chi connectivity index (χ1n) is 9.49. The molecule has 0 amide bonds. The van der Waals surface area contributed by atoms with Crippen molar-refractivity contribution in [3.05, 3.63) is 0 Å². The van der Waals surface area contributed by atoms with E-state index in [-0.39, 0.29) is 5.48 Å². The van der Waals surface area contributed by atoms with Crippen molar-refractivity contribution in [3.63, 3.8) is 0 Å². The highest BCUT2D eigenvalue weighted by Crippen LogP contribution is 2.13. The number of carboxylic acids is 1. The maximum Gasteiger partial charge on any atom is 0.303 e. The van der Waals surface area contributed by atoms with E-state index < -0.39 is 5.97 Å². The average molecular weight is 317 g/mol. The minimum Gasteiger partial charge on any atom is -0.481 e. The Balaban J connectivity index is 0. The molecule has 0 heterocycles. The van der Waals surface area contributed by atoms with E-state index in [0.717, 1.165) is 12.8 Å². The Morgan fingerprint density at radius 1 is 0.591 bits per heavy atom. The van der Waals surface area contributed by atoms with Crippen LogP contribution >= 0.6 is 0 Å². The summed E-state index contributed by atoms with van der Waals surface area (Å²) in [6.45, 7) is 2.27. The van der Waals surface area contributed by atoms with Crippen LogP contribution in [0.2, 0.25) is 0 Å². The molecule has 3 heteroatoms. The first-order valence-corrected chi connectivity index (χ1v) is 9.49. The number of hydrogen-bond donors (Lipinski definition) is 1. The Kier molecular flexibility index (Phi) is 22.0. The lowest BCUT2D eigenvalue weighted by atomic mass is 10.0. The topological polar surface area (TPSA) is 68.8 Å². The van der Waals surface area contributed by atoms with E-state index in [0.29, 0.717) is 6.42 Å².